The molecule has 1 amide bonds. The van der Waals surface area contributed by atoms with Crippen molar-refractivity contribution < 1.29 is 23.1 Å². The van der Waals surface area contributed by atoms with E-state index in [2.05, 4.69) is 15.4 Å². The highest BCUT2D eigenvalue weighted by Crippen LogP contribution is 2.29. The minimum atomic E-state index is -0.985. The summed E-state index contributed by atoms with van der Waals surface area (Å²) >= 11 is 0. The lowest BCUT2D eigenvalue weighted by Crippen LogP contribution is -2.39. The first-order valence-corrected chi connectivity index (χ1v) is 8.18. The van der Waals surface area contributed by atoms with Gasteiger partial charge in [0.25, 0.3) is 0 Å². The largest absolute Gasteiger partial charge is 0.465 e. The molecule has 2 aromatic rings. The molecule has 1 saturated heterocycles. The molecule has 1 heterocycles. The molecule has 0 radical (unpaired) electrons. The molecule has 3 rings (SSSR count). The van der Waals surface area contributed by atoms with Crippen molar-refractivity contribution in [1.29, 1.82) is 0 Å². The van der Waals surface area contributed by atoms with Gasteiger partial charge < -0.3 is 15.4 Å². The van der Waals surface area contributed by atoms with E-state index in [-0.39, 0.29) is 11.6 Å². The van der Waals surface area contributed by atoms with Crippen LogP contribution in [-0.4, -0.2) is 31.6 Å². The fourth-order valence-corrected chi connectivity index (χ4v) is 3.16. The third-order valence-corrected chi connectivity index (χ3v) is 4.45. The van der Waals surface area contributed by atoms with Crippen LogP contribution in [0.1, 0.15) is 28.3 Å². The summed E-state index contributed by atoms with van der Waals surface area (Å²) in [5, 5.41) is 5.50. The molecule has 7 heteroatoms. The Morgan fingerprint density at radius 3 is 2.58 bits per heavy atom. The Hall–Kier alpha value is -2.80. The number of amides is 1. The average molecular weight is 360 g/mol. The molecule has 26 heavy (non-hydrogen) atoms. The van der Waals surface area contributed by atoms with Gasteiger partial charge >= 0.3 is 5.97 Å². The van der Waals surface area contributed by atoms with Crippen molar-refractivity contribution in [2.75, 3.05) is 19.0 Å². The lowest BCUT2D eigenvalue weighted by atomic mass is 9.91. The Morgan fingerprint density at radius 1 is 1.15 bits per heavy atom. The predicted molar refractivity (Wildman–Crippen MR) is 91.9 cm³/mol. The number of halogens is 2. The summed E-state index contributed by atoms with van der Waals surface area (Å²) in [7, 11) is 1.07. The lowest BCUT2D eigenvalue weighted by Gasteiger charge is -2.20. The highest BCUT2D eigenvalue weighted by Gasteiger charge is 2.34. The van der Waals surface area contributed by atoms with Crippen molar-refractivity contribution >= 4 is 17.6 Å². The summed E-state index contributed by atoms with van der Waals surface area (Å²) < 4.78 is 32.6. The molecule has 5 nitrogen and oxygen atoms in total. The molecular formula is C19H18F2N2O3. The summed E-state index contributed by atoms with van der Waals surface area (Å²) in [4.78, 5) is 24.0. The third-order valence-electron chi connectivity index (χ3n) is 4.45. The van der Waals surface area contributed by atoms with Crippen LogP contribution in [0.5, 0.6) is 0 Å². The molecule has 0 aliphatic carbocycles. The maximum atomic E-state index is 14.2. The fraction of sp³-hybridized carbons (Fsp3) is 0.263. The van der Waals surface area contributed by atoms with Crippen LogP contribution >= 0.6 is 0 Å². The highest BCUT2D eigenvalue weighted by molar-refractivity contribution is 5.97. The lowest BCUT2D eigenvalue weighted by molar-refractivity contribution is -0.118. The first-order chi connectivity index (χ1) is 12.5. The number of benzene rings is 2. The number of anilines is 1. The van der Waals surface area contributed by atoms with Gasteiger partial charge in [-0.3, -0.25) is 4.79 Å². The zero-order chi connectivity index (χ0) is 18.7. The summed E-state index contributed by atoms with van der Waals surface area (Å²) in [6, 6.07) is 10.5. The van der Waals surface area contributed by atoms with Gasteiger partial charge in [-0.25, -0.2) is 13.6 Å². The molecule has 1 aliphatic rings. The number of methoxy groups -OCH3 is 1. The van der Waals surface area contributed by atoms with Crippen LogP contribution in [0, 0.1) is 11.6 Å². The SMILES string of the molecule is COC(=O)c1cc(F)c(NC(=O)[C@H]2NCC[C@@H]2c2ccccc2)cc1F. The topological polar surface area (TPSA) is 67.4 Å². The van der Waals surface area contributed by atoms with E-state index < -0.39 is 35.1 Å². The van der Waals surface area contributed by atoms with Crippen LogP contribution < -0.4 is 10.6 Å². The predicted octanol–water partition coefficient (Wildman–Crippen LogP) is 2.84. The second-order valence-electron chi connectivity index (χ2n) is 6.03. The molecular weight excluding hydrogens is 342 g/mol. The van der Waals surface area contributed by atoms with Crippen molar-refractivity contribution in [3.63, 3.8) is 0 Å². The van der Waals surface area contributed by atoms with E-state index in [1.807, 2.05) is 30.3 Å². The second kappa shape index (κ2) is 7.61. The van der Waals surface area contributed by atoms with Gasteiger partial charge in [-0.15, -0.1) is 0 Å². The second-order valence-corrected chi connectivity index (χ2v) is 6.03. The summed E-state index contributed by atoms with van der Waals surface area (Å²) in [6.45, 7) is 0.649. The van der Waals surface area contributed by atoms with Gasteiger partial charge in [-0.05, 0) is 24.6 Å². The van der Waals surface area contributed by atoms with E-state index in [1.54, 1.807) is 0 Å². The van der Waals surface area contributed by atoms with Gasteiger partial charge in [-0.1, -0.05) is 30.3 Å². The summed E-state index contributed by atoms with van der Waals surface area (Å²) in [5.74, 6) is -3.37. The molecule has 0 bridgehead atoms. The van der Waals surface area contributed by atoms with Gasteiger partial charge in [-0.2, -0.15) is 0 Å². The molecule has 0 saturated carbocycles. The molecule has 0 aromatic heterocycles. The van der Waals surface area contributed by atoms with E-state index in [1.165, 1.54) is 0 Å². The van der Waals surface area contributed by atoms with Crippen molar-refractivity contribution in [2.24, 2.45) is 0 Å². The number of carbonyl (C=O) groups is 2. The summed E-state index contributed by atoms with van der Waals surface area (Å²) in [5.41, 5.74) is 0.162. The molecule has 136 valence electrons. The van der Waals surface area contributed by atoms with Crippen molar-refractivity contribution in [2.45, 2.75) is 18.4 Å². The monoisotopic (exact) mass is 360 g/mol. The Labute approximate surface area is 149 Å². The van der Waals surface area contributed by atoms with E-state index in [9.17, 15) is 18.4 Å². The normalized spacial score (nSPS) is 19.2. The first-order valence-electron chi connectivity index (χ1n) is 8.18. The molecule has 0 unspecified atom stereocenters. The van der Waals surface area contributed by atoms with E-state index in [0.29, 0.717) is 12.6 Å². The first kappa shape index (κ1) is 18.0. The molecule has 2 N–H and O–H groups in total. The van der Waals surface area contributed by atoms with Crippen molar-refractivity contribution in [1.82, 2.24) is 5.32 Å². The number of carbonyl (C=O) groups excluding carboxylic acids is 2. The van der Waals surface area contributed by atoms with E-state index >= 15 is 0 Å². The van der Waals surface area contributed by atoms with Gasteiger partial charge in [0.2, 0.25) is 5.91 Å². The molecule has 2 atom stereocenters. The average Bonchev–Trinajstić information content (AvgIpc) is 3.14. The molecule has 1 fully saturated rings. The molecule has 1 aliphatic heterocycles. The van der Waals surface area contributed by atoms with Crippen LogP contribution in [0.25, 0.3) is 0 Å². The zero-order valence-corrected chi connectivity index (χ0v) is 14.1. The van der Waals surface area contributed by atoms with Crippen molar-refractivity contribution in [3.05, 3.63) is 65.2 Å². The van der Waals surface area contributed by atoms with Gasteiger partial charge in [0, 0.05) is 12.0 Å². The Bertz CT molecular complexity index is 827. The number of nitrogens with one attached hydrogen (secondary N) is 2. The van der Waals surface area contributed by atoms with E-state index in [0.717, 1.165) is 25.2 Å². The maximum absolute atomic E-state index is 14.2. The maximum Gasteiger partial charge on any atom is 0.340 e. The van der Waals surface area contributed by atoms with Crippen molar-refractivity contribution in [3.8, 4) is 0 Å². The number of hydrogen-bond acceptors (Lipinski definition) is 4. The van der Waals surface area contributed by atoms with Crippen LogP contribution in [0.3, 0.4) is 0 Å². The minimum Gasteiger partial charge on any atom is -0.465 e. The van der Waals surface area contributed by atoms with Crippen LogP contribution in [0.2, 0.25) is 0 Å². The number of hydrogen-bond donors (Lipinski definition) is 2. The zero-order valence-electron chi connectivity index (χ0n) is 14.1. The fourth-order valence-electron chi connectivity index (χ4n) is 3.16. The number of rotatable bonds is 4. The smallest absolute Gasteiger partial charge is 0.340 e. The molecule has 2 aromatic carbocycles. The van der Waals surface area contributed by atoms with Gasteiger partial charge in [0.1, 0.15) is 11.6 Å². The number of ether oxygens (including phenoxy) is 1. The Kier molecular flexibility index (Phi) is 5.27. The Morgan fingerprint density at radius 2 is 1.88 bits per heavy atom. The van der Waals surface area contributed by atoms with Crippen LogP contribution in [0.4, 0.5) is 14.5 Å². The van der Waals surface area contributed by atoms with Crippen LogP contribution in [-0.2, 0) is 9.53 Å². The van der Waals surface area contributed by atoms with E-state index in [4.69, 9.17) is 0 Å². The summed E-state index contributed by atoms with van der Waals surface area (Å²) in [6.07, 6.45) is 0.764. The standard InChI is InChI=1S/C19H18F2N2O3/c1-26-19(25)13-9-15(21)16(10-14(13)20)23-18(24)17-12(7-8-22-17)11-5-3-2-4-6-11/h2-6,9-10,12,17,22H,7-8H2,1H3,(H,23,24)/t12-,17+/m1/s1. The van der Waals surface area contributed by atoms with Crippen LogP contribution in [0.15, 0.2) is 42.5 Å². The number of esters is 1. The minimum absolute atomic E-state index is 0.0570. The quantitative estimate of drug-likeness (QED) is 0.823. The molecule has 0 spiro atoms. The third kappa shape index (κ3) is 3.57. The highest BCUT2D eigenvalue weighted by atomic mass is 19.1. The van der Waals surface area contributed by atoms with Gasteiger partial charge in [0.05, 0.1) is 24.4 Å². The van der Waals surface area contributed by atoms with Gasteiger partial charge in [0.15, 0.2) is 0 Å². The Balaban J connectivity index is 1.79.